The molecular formula is C21H24N2O4. The number of para-hydroxylation sites is 1. The van der Waals surface area contributed by atoms with Gasteiger partial charge in [-0.2, -0.15) is 0 Å². The Kier molecular flexibility index (Phi) is 6.71. The highest BCUT2D eigenvalue weighted by atomic mass is 16.4. The Bertz CT molecular complexity index is 818. The van der Waals surface area contributed by atoms with E-state index >= 15 is 0 Å². The second kappa shape index (κ2) is 8.98. The number of nitrogens with zero attached hydrogens (tertiary/aromatic N) is 1. The fourth-order valence-corrected chi connectivity index (χ4v) is 2.69. The van der Waals surface area contributed by atoms with Crippen molar-refractivity contribution in [2.24, 2.45) is 5.92 Å². The van der Waals surface area contributed by atoms with Crippen molar-refractivity contribution in [1.29, 1.82) is 0 Å². The van der Waals surface area contributed by atoms with Crippen molar-refractivity contribution in [2.75, 3.05) is 11.9 Å². The van der Waals surface area contributed by atoms with Gasteiger partial charge in [0.05, 0.1) is 0 Å². The maximum absolute atomic E-state index is 12.7. The van der Waals surface area contributed by atoms with E-state index in [1.54, 1.807) is 25.2 Å². The number of anilines is 1. The van der Waals surface area contributed by atoms with E-state index in [-0.39, 0.29) is 17.4 Å². The molecular weight excluding hydrogens is 344 g/mol. The molecule has 1 unspecified atom stereocenters. The minimum Gasteiger partial charge on any atom is -0.480 e. The highest BCUT2D eigenvalue weighted by Crippen LogP contribution is 2.16. The number of carboxylic acids is 1. The minimum absolute atomic E-state index is 0.124. The zero-order valence-electron chi connectivity index (χ0n) is 15.7. The lowest BCUT2D eigenvalue weighted by Gasteiger charge is -2.18. The molecule has 2 amide bonds. The summed E-state index contributed by atoms with van der Waals surface area (Å²) in [5.41, 5.74) is 1.34. The van der Waals surface area contributed by atoms with Crippen LogP contribution in [0.1, 0.15) is 41.0 Å². The molecule has 2 N–H and O–H groups in total. The van der Waals surface area contributed by atoms with Crippen LogP contribution in [0.2, 0.25) is 0 Å². The average molecular weight is 368 g/mol. The molecule has 6 nitrogen and oxygen atoms in total. The second-order valence-electron chi connectivity index (χ2n) is 6.77. The molecule has 0 heterocycles. The second-order valence-corrected chi connectivity index (χ2v) is 6.77. The molecule has 6 heteroatoms. The first-order valence-electron chi connectivity index (χ1n) is 8.76. The third kappa shape index (κ3) is 5.41. The van der Waals surface area contributed by atoms with E-state index < -0.39 is 17.9 Å². The number of rotatable bonds is 7. The Morgan fingerprint density at radius 1 is 1.00 bits per heavy atom. The fourth-order valence-electron chi connectivity index (χ4n) is 2.69. The lowest BCUT2D eigenvalue weighted by molar-refractivity contribution is -0.139. The number of carbonyl (C=O) groups excluding carboxylic acids is 2. The fraction of sp³-hybridized carbons (Fsp3) is 0.286. The van der Waals surface area contributed by atoms with Crippen molar-refractivity contribution in [2.45, 2.75) is 26.3 Å². The predicted octanol–water partition coefficient (Wildman–Crippen LogP) is 3.19. The lowest BCUT2D eigenvalue weighted by atomic mass is 10.0. The van der Waals surface area contributed by atoms with Crippen molar-refractivity contribution in [3.8, 4) is 0 Å². The van der Waals surface area contributed by atoms with Crippen molar-refractivity contribution >= 4 is 23.5 Å². The monoisotopic (exact) mass is 368 g/mol. The predicted molar refractivity (Wildman–Crippen MR) is 104 cm³/mol. The Hall–Kier alpha value is -3.15. The smallest absolute Gasteiger partial charge is 0.326 e. The van der Waals surface area contributed by atoms with E-state index in [1.807, 2.05) is 44.2 Å². The molecule has 142 valence electrons. The summed E-state index contributed by atoms with van der Waals surface area (Å²) >= 11 is 0. The van der Waals surface area contributed by atoms with Crippen molar-refractivity contribution in [1.82, 2.24) is 5.32 Å². The third-order valence-corrected chi connectivity index (χ3v) is 4.13. The molecule has 0 saturated carbocycles. The molecule has 0 aliphatic heterocycles. The normalized spacial score (nSPS) is 11.7. The average Bonchev–Trinajstić information content (AvgIpc) is 2.66. The van der Waals surface area contributed by atoms with Crippen LogP contribution in [-0.4, -0.2) is 36.0 Å². The van der Waals surface area contributed by atoms with E-state index in [9.17, 15) is 19.5 Å². The largest absolute Gasteiger partial charge is 0.480 e. The van der Waals surface area contributed by atoms with Gasteiger partial charge in [-0.25, -0.2) is 4.79 Å². The van der Waals surface area contributed by atoms with Gasteiger partial charge < -0.3 is 15.3 Å². The van der Waals surface area contributed by atoms with Gasteiger partial charge in [-0.3, -0.25) is 9.59 Å². The van der Waals surface area contributed by atoms with Gasteiger partial charge in [0.1, 0.15) is 6.04 Å². The molecule has 2 aromatic carbocycles. The summed E-state index contributed by atoms with van der Waals surface area (Å²) in [6.45, 7) is 3.78. The van der Waals surface area contributed by atoms with Gasteiger partial charge in [0.15, 0.2) is 0 Å². The van der Waals surface area contributed by atoms with Crippen LogP contribution in [0.4, 0.5) is 5.69 Å². The van der Waals surface area contributed by atoms with Crippen LogP contribution < -0.4 is 10.2 Å². The minimum atomic E-state index is -1.08. The Balaban J connectivity index is 2.17. The highest BCUT2D eigenvalue weighted by molar-refractivity contribution is 6.07. The number of benzene rings is 2. The van der Waals surface area contributed by atoms with Crippen LogP contribution in [0.5, 0.6) is 0 Å². The summed E-state index contributed by atoms with van der Waals surface area (Å²) in [6.07, 6.45) is 0.330. The first kappa shape index (κ1) is 20.2. The standard InChI is InChI=1S/C21H24N2O4/c1-14(2)12-18(21(26)27)22-19(24)15-8-7-9-16(13-15)20(25)23(3)17-10-5-4-6-11-17/h4-11,13-14,18H,12H2,1-3H3,(H,22,24)(H,26,27). The van der Waals surface area contributed by atoms with Gasteiger partial charge in [0, 0.05) is 23.9 Å². The molecule has 0 fully saturated rings. The number of hydrogen-bond donors (Lipinski definition) is 2. The first-order chi connectivity index (χ1) is 12.8. The number of carbonyl (C=O) groups is 3. The summed E-state index contributed by atoms with van der Waals surface area (Å²) < 4.78 is 0. The molecule has 0 aliphatic rings. The Morgan fingerprint density at radius 2 is 1.63 bits per heavy atom. The van der Waals surface area contributed by atoms with E-state index in [1.165, 1.54) is 11.0 Å². The molecule has 0 aliphatic carbocycles. The van der Waals surface area contributed by atoms with Crippen molar-refractivity contribution in [3.63, 3.8) is 0 Å². The van der Waals surface area contributed by atoms with Crippen LogP contribution >= 0.6 is 0 Å². The summed E-state index contributed by atoms with van der Waals surface area (Å²) in [5, 5.41) is 11.8. The van der Waals surface area contributed by atoms with Crippen LogP contribution in [0.15, 0.2) is 54.6 Å². The van der Waals surface area contributed by atoms with Crippen molar-refractivity contribution < 1.29 is 19.5 Å². The summed E-state index contributed by atoms with van der Waals surface area (Å²) in [6, 6.07) is 14.5. The van der Waals surface area contributed by atoms with E-state index in [0.717, 1.165) is 5.69 Å². The quantitative estimate of drug-likeness (QED) is 0.786. The maximum atomic E-state index is 12.7. The Labute approximate surface area is 158 Å². The molecule has 27 heavy (non-hydrogen) atoms. The van der Waals surface area contributed by atoms with Crippen LogP contribution in [0, 0.1) is 5.92 Å². The SMILES string of the molecule is CC(C)CC(NC(=O)c1cccc(C(=O)N(C)c2ccccc2)c1)C(=O)O. The third-order valence-electron chi connectivity index (χ3n) is 4.13. The van der Waals surface area contributed by atoms with Gasteiger partial charge in [-0.05, 0) is 42.7 Å². The van der Waals surface area contributed by atoms with Gasteiger partial charge in [0.25, 0.3) is 11.8 Å². The van der Waals surface area contributed by atoms with Gasteiger partial charge in [0.2, 0.25) is 0 Å². The van der Waals surface area contributed by atoms with E-state index in [4.69, 9.17) is 0 Å². The molecule has 0 spiro atoms. The summed E-state index contributed by atoms with van der Waals surface area (Å²) in [7, 11) is 1.66. The molecule has 0 radical (unpaired) electrons. The summed E-state index contributed by atoms with van der Waals surface area (Å²) in [4.78, 5) is 38.0. The van der Waals surface area contributed by atoms with E-state index in [0.29, 0.717) is 12.0 Å². The topological polar surface area (TPSA) is 86.7 Å². The molecule has 0 aromatic heterocycles. The molecule has 1 atom stereocenters. The maximum Gasteiger partial charge on any atom is 0.326 e. The van der Waals surface area contributed by atoms with Crippen LogP contribution in [0.25, 0.3) is 0 Å². The summed E-state index contributed by atoms with van der Waals surface area (Å²) in [5.74, 6) is -1.72. The zero-order valence-corrected chi connectivity index (χ0v) is 15.7. The van der Waals surface area contributed by atoms with Crippen LogP contribution in [0.3, 0.4) is 0 Å². The van der Waals surface area contributed by atoms with Gasteiger partial charge in [-0.15, -0.1) is 0 Å². The van der Waals surface area contributed by atoms with Gasteiger partial charge >= 0.3 is 5.97 Å². The number of carboxylic acid groups (broad SMARTS) is 1. The number of nitrogens with one attached hydrogen (secondary N) is 1. The molecule has 0 saturated heterocycles. The first-order valence-corrected chi connectivity index (χ1v) is 8.76. The molecule has 2 rings (SSSR count). The zero-order chi connectivity index (χ0) is 20.0. The lowest BCUT2D eigenvalue weighted by Crippen LogP contribution is -2.41. The number of aliphatic carboxylic acids is 1. The van der Waals surface area contributed by atoms with Crippen molar-refractivity contribution in [3.05, 3.63) is 65.7 Å². The van der Waals surface area contributed by atoms with Gasteiger partial charge in [-0.1, -0.05) is 38.1 Å². The molecule has 2 aromatic rings. The highest BCUT2D eigenvalue weighted by Gasteiger charge is 2.22. The number of amides is 2. The molecule has 0 bridgehead atoms. The Morgan fingerprint density at radius 3 is 2.22 bits per heavy atom. The van der Waals surface area contributed by atoms with E-state index in [2.05, 4.69) is 5.32 Å². The van der Waals surface area contributed by atoms with Crippen LogP contribution in [-0.2, 0) is 4.79 Å². The number of hydrogen-bond acceptors (Lipinski definition) is 3.